The van der Waals surface area contributed by atoms with Crippen LogP contribution in [0.3, 0.4) is 0 Å². The number of benzene rings is 2. The molecule has 1 unspecified atom stereocenters. The molecule has 0 radical (unpaired) electrons. The van der Waals surface area contributed by atoms with Gasteiger partial charge in [0.1, 0.15) is 0 Å². The third-order valence-electron chi connectivity index (χ3n) is 3.17. The van der Waals surface area contributed by atoms with Crippen LogP contribution >= 0.6 is 0 Å². The quantitative estimate of drug-likeness (QED) is 0.858. The van der Waals surface area contributed by atoms with Crippen LogP contribution in [-0.4, -0.2) is 26.2 Å². The molecule has 0 bridgehead atoms. The minimum Gasteiger partial charge on any atom is -0.392 e. The number of nitrogens with one attached hydrogen (secondary N) is 1. The van der Waals surface area contributed by atoms with Crippen molar-refractivity contribution in [3.8, 4) is 0 Å². The van der Waals surface area contributed by atoms with E-state index >= 15 is 0 Å². The summed E-state index contributed by atoms with van der Waals surface area (Å²) in [6, 6.07) is 12.5. The Morgan fingerprint density at radius 2 is 1.85 bits per heavy atom. The van der Waals surface area contributed by atoms with Crippen LogP contribution in [0.25, 0.3) is 10.8 Å². The Balaban J connectivity index is 2.28. The molecule has 0 aromatic heterocycles. The second-order valence-corrected chi connectivity index (χ2v) is 6.51. The second-order valence-electron chi connectivity index (χ2n) is 4.77. The van der Waals surface area contributed by atoms with E-state index in [1.807, 2.05) is 31.2 Å². The van der Waals surface area contributed by atoms with Gasteiger partial charge in [0.25, 0.3) is 0 Å². The first-order chi connectivity index (χ1) is 9.54. The van der Waals surface area contributed by atoms with E-state index in [4.69, 9.17) is 0 Å². The zero-order chi connectivity index (χ0) is 14.6. The Hall–Kier alpha value is -1.43. The van der Waals surface area contributed by atoms with E-state index in [0.29, 0.717) is 11.8 Å². The van der Waals surface area contributed by atoms with Crippen LogP contribution in [0.2, 0.25) is 0 Å². The molecule has 0 saturated carbocycles. The lowest BCUT2D eigenvalue weighted by Gasteiger charge is -2.12. The molecule has 2 aromatic carbocycles. The summed E-state index contributed by atoms with van der Waals surface area (Å²) in [5, 5.41) is 11.2. The van der Waals surface area contributed by atoms with Crippen LogP contribution in [0.1, 0.15) is 19.8 Å². The maximum absolute atomic E-state index is 12.3. The molecule has 0 spiro atoms. The molecule has 0 aliphatic rings. The van der Waals surface area contributed by atoms with E-state index < -0.39 is 16.1 Å². The van der Waals surface area contributed by atoms with Crippen LogP contribution in [-0.2, 0) is 10.0 Å². The molecule has 2 rings (SSSR count). The molecule has 1 atom stereocenters. The van der Waals surface area contributed by atoms with Gasteiger partial charge in [-0.2, -0.15) is 0 Å². The Kier molecular flexibility index (Phi) is 4.75. The predicted molar refractivity (Wildman–Crippen MR) is 80.1 cm³/mol. The normalized spacial score (nSPS) is 13.5. The van der Waals surface area contributed by atoms with Crippen molar-refractivity contribution in [1.82, 2.24) is 4.72 Å². The Morgan fingerprint density at radius 1 is 1.15 bits per heavy atom. The molecule has 2 aromatic rings. The number of hydrogen-bond acceptors (Lipinski definition) is 3. The minimum atomic E-state index is -3.61. The smallest absolute Gasteiger partial charge is 0.241 e. The summed E-state index contributed by atoms with van der Waals surface area (Å²) in [5.41, 5.74) is 0. The molecule has 0 aliphatic heterocycles. The van der Waals surface area contributed by atoms with Gasteiger partial charge in [0.15, 0.2) is 0 Å². The number of fused-ring (bicyclic) bond motifs is 1. The Morgan fingerprint density at radius 3 is 2.60 bits per heavy atom. The van der Waals surface area contributed by atoms with E-state index in [-0.39, 0.29) is 11.4 Å². The van der Waals surface area contributed by atoms with Gasteiger partial charge in [-0.3, -0.25) is 0 Å². The van der Waals surface area contributed by atoms with Gasteiger partial charge in [-0.05, 0) is 17.9 Å². The Labute approximate surface area is 119 Å². The SMILES string of the molecule is CCCC(O)CNS(=O)(=O)c1cccc2ccccc12. The predicted octanol–water partition coefficient (Wildman–Crippen LogP) is 2.28. The molecule has 4 nitrogen and oxygen atoms in total. The molecular formula is C15H19NO3S. The van der Waals surface area contributed by atoms with Gasteiger partial charge in [0, 0.05) is 11.9 Å². The molecule has 20 heavy (non-hydrogen) atoms. The monoisotopic (exact) mass is 293 g/mol. The summed E-state index contributed by atoms with van der Waals surface area (Å²) in [5.74, 6) is 0. The summed E-state index contributed by atoms with van der Waals surface area (Å²) in [6.45, 7) is 1.99. The van der Waals surface area contributed by atoms with Crippen LogP contribution in [0.15, 0.2) is 47.4 Å². The first-order valence-corrected chi connectivity index (χ1v) is 8.18. The fourth-order valence-electron chi connectivity index (χ4n) is 2.15. The van der Waals surface area contributed by atoms with E-state index in [9.17, 15) is 13.5 Å². The van der Waals surface area contributed by atoms with Crippen molar-refractivity contribution < 1.29 is 13.5 Å². The molecular weight excluding hydrogens is 274 g/mol. The average molecular weight is 293 g/mol. The lowest BCUT2D eigenvalue weighted by atomic mass is 10.1. The highest BCUT2D eigenvalue weighted by molar-refractivity contribution is 7.89. The van der Waals surface area contributed by atoms with Crippen molar-refractivity contribution in [3.05, 3.63) is 42.5 Å². The molecule has 0 heterocycles. The fourth-order valence-corrected chi connectivity index (χ4v) is 3.45. The lowest BCUT2D eigenvalue weighted by molar-refractivity contribution is 0.167. The first kappa shape index (κ1) is 15.0. The van der Waals surface area contributed by atoms with Crippen LogP contribution in [0.4, 0.5) is 0 Å². The topological polar surface area (TPSA) is 66.4 Å². The molecule has 5 heteroatoms. The molecule has 108 valence electrons. The number of aliphatic hydroxyl groups excluding tert-OH is 1. The average Bonchev–Trinajstić information content (AvgIpc) is 2.45. The molecule has 0 aliphatic carbocycles. The van der Waals surface area contributed by atoms with Gasteiger partial charge in [-0.15, -0.1) is 0 Å². The van der Waals surface area contributed by atoms with E-state index in [0.717, 1.165) is 11.8 Å². The van der Waals surface area contributed by atoms with Crippen LogP contribution in [0.5, 0.6) is 0 Å². The molecule has 0 saturated heterocycles. The van der Waals surface area contributed by atoms with E-state index in [1.54, 1.807) is 18.2 Å². The van der Waals surface area contributed by atoms with Gasteiger partial charge in [0.2, 0.25) is 10.0 Å². The highest BCUT2D eigenvalue weighted by atomic mass is 32.2. The van der Waals surface area contributed by atoms with Gasteiger partial charge in [-0.1, -0.05) is 49.7 Å². The maximum atomic E-state index is 12.3. The van der Waals surface area contributed by atoms with Crippen molar-refractivity contribution in [2.45, 2.75) is 30.8 Å². The van der Waals surface area contributed by atoms with Crippen molar-refractivity contribution in [2.24, 2.45) is 0 Å². The highest BCUT2D eigenvalue weighted by Crippen LogP contribution is 2.22. The highest BCUT2D eigenvalue weighted by Gasteiger charge is 2.17. The molecule has 0 amide bonds. The van der Waals surface area contributed by atoms with Gasteiger partial charge in [0.05, 0.1) is 11.0 Å². The Bertz CT molecular complexity index is 677. The molecule has 0 fully saturated rings. The third kappa shape index (κ3) is 3.36. The second kappa shape index (κ2) is 6.35. The zero-order valence-electron chi connectivity index (χ0n) is 11.4. The lowest BCUT2D eigenvalue weighted by Crippen LogP contribution is -2.32. The third-order valence-corrected chi connectivity index (χ3v) is 4.65. The van der Waals surface area contributed by atoms with Crippen molar-refractivity contribution in [2.75, 3.05) is 6.54 Å². The summed E-state index contributed by atoms with van der Waals surface area (Å²) < 4.78 is 27.1. The number of hydrogen-bond donors (Lipinski definition) is 2. The summed E-state index contributed by atoms with van der Waals surface area (Å²) in [7, 11) is -3.61. The van der Waals surface area contributed by atoms with Crippen LogP contribution < -0.4 is 4.72 Å². The molecule has 2 N–H and O–H groups in total. The fraction of sp³-hybridized carbons (Fsp3) is 0.333. The minimum absolute atomic E-state index is 0.0411. The van der Waals surface area contributed by atoms with Crippen molar-refractivity contribution in [3.63, 3.8) is 0 Å². The summed E-state index contributed by atoms with van der Waals surface area (Å²) in [4.78, 5) is 0.249. The number of sulfonamides is 1. The van der Waals surface area contributed by atoms with Gasteiger partial charge >= 0.3 is 0 Å². The first-order valence-electron chi connectivity index (χ1n) is 6.70. The maximum Gasteiger partial charge on any atom is 0.241 e. The van der Waals surface area contributed by atoms with Crippen molar-refractivity contribution >= 4 is 20.8 Å². The zero-order valence-corrected chi connectivity index (χ0v) is 12.2. The number of aliphatic hydroxyl groups is 1. The van der Waals surface area contributed by atoms with Gasteiger partial charge in [-0.25, -0.2) is 13.1 Å². The summed E-state index contributed by atoms with van der Waals surface area (Å²) in [6.07, 6.45) is 0.750. The van der Waals surface area contributed by atoms with Crippen LogP contribution in [0, 0.1) is 0 Å². The summed E-state index contributed by atoms with van der Waals surface area (Å²) >= 11 is 0. The van der Waals surface area contributed by atoms with E-state index in [2.05, 4.69) is 4.72 Å². The van der Waals surface area contributed by atoms with Gasteiger partial charge < -0.3 is 5.11 Å². The standard InChI is InChI=1S/C15H19NO3S/c1-2-6-13(17)11-16-20(18,19)15-10-5-8-12-7-3-4-9-14(12)15/h3-5,7-10,13,16-17H,2,6,11H2,1H3. The van der Waals surface area contributed by atoms with Crippen molar-refractivity contribution in [1.29, 1.82) is 0 Å². The largest absolute Gasteiger partial charge is 0.392 e. The van der Waals surface area contributed by atoms with E-state index in [1.165, 1.54) is 0 Å². The number of rotatable bonds is 6.